The number of carbonyl (C=O) groups excluding carboxylic acids is 1. The number of nitrogens with zero attached hydrogens (tertiary/aromatic N) is 3. The van der Waals surface area contributed by atoms with E-state index in [9.17, 15) is 4.79 Å². The summed E-state index contributed by atoms with van der Waals surface area (Å²) >= 11 is 7.45. The molecule has 1 N–H and O–H groups in total. The van der Waals surface area contributed by atoms with E-state index in [1.54, 1.807) is 6.07 Å². The smallest absolute Gasteiger partial charge is 0.234 e. The Bertz CT molecular complexity index is 1130. The minimum atomic E-state index is -0.138. The van der Waals surface area contributed by atoms with Crippen molar-refractivity contribution in [1.29, 1.82) is 0 Å². The topological polar surface area (TPSA) is 78.3 Å². The van der Waals surface area contributed by atoms with Crippen LogP contribution >= 0.6 is 23.4 Å². The Morgan fingerprint density at radius 3 is 2.61 bits per heavy atom. The molecule has 0 atom stereocenters. The molecule has 0 fully saturated rings. The van der Waals surface area contributed by atoms with Gasteiger partial charge in [-0.1, -0.05) is 29.4 Å². The fourth-order valence-corrected chi connectivity index (χ4v) is 4.12. The molecule has 3 aromatic rings. The van der Waals surface area contributed by atoms with Crippen molar-refractivity contribution in [2.24, 2.45) is 7.05 Å². The van der Waals surface area contributed by atoms with Crippen LogP contribution in [0.25, 0.3) is 11.4 Å². The van der Waals surface area contributed by atoms with Gasteiger partial charge >= 0.3 is 0 Å². The highest BCUT2D eigenvalue weighted by molar-refractivity contribution is 7.99. The van der Waals surface area contributed by atoms with Gasteiger partial charge in [0.15, 0.2) is 22.5 Å². The van der Waals surface area contributed by atoms with E-state index in [2.05, 4.69) is 15.5 Å². The van der Waals surface area contributed by atoms with Crippen LogP contribution in [-0.2, 0) is 11.8 Å². The van der Waals surface area contributed by atoms with Crippen LogP contribution < -0.4 is 14.8 Å². The number of amides is 1. The highest BCUT2D eigenvalue weighted by Crippen LogP contribution is 2.37. The van der Waals surface area contributed by atoms with Gasteiger partial charge in [-0.15, -0.1) is 10.2 Å². The van der Waals surface area contributed by atoms with Crippen molar-refractivity contribution >= 4 is 35.0 Å². The zero-order valence-electron chi connectivity index (χ0n) is 17.6. The second kappa shape index (κ2) is 9.20. The van der Waals surface area contributed by atoms with E-state index in [1.165, 1.54) is 11.8 Å². The first-order chi connectivity index (χ1) is 14.9. The summed E-state index contributed by atoms with van der Waals surface area (Å²) in [4.78, 5) is 12.4. The van der Waals surface area contributed by atoms with Gasteiger partial charge in [-0.2, -0.15) is 0 Å². The Kier molecular flexibility index (Phi) is 6.38. The van der Waals surface area contributed by atoms with E-state index >= 15 is 0 Å². The number of halogens is 1. The van der Waals surface area contributed by atoms with Crippen molar-refractivity contribution in [2.45, 2.75) is 25.4 Å². The number of nitrogens with one attached hydrogen (secondary N) is 1. The molecule has 1 aliphatic heterocycles. The Labute approximate surface area is 190 Å². The van der Waals surface area contributed by atoms with Crippen LogP contribution in [-0.4, -0.2) is 39.6 Å². The quantitative estimate of drug-likeness (QED) is 0.561. The van der Waals surface area contributed by atoms with E-state index in [1.807, 2.05) is 49.7 Å². The van der Waals surface area contributed by atoms with Gasteiger partial charge in [0.1, 0.15) is 0 Å². The second-order valence-electron chi connectivity index (χ2n) is 7.33. The third-order valence-corrected chi connectivity index (χ3v) is 6.39. The lowest BCUT2D eigenvalue weighted by molar-refractivity contribution is -0.113. The number of carbonyl (C=O) groups is 1. The molecule has 0 saturated heterocycles. The molecule has 1 amide bonds. The van der Waals surface area contributed by atoms with Crippen molar-refractivity contribution < 1.29 is 14.3 Å². The number of fused-ring (bicyclic) bond motifs is 1. The van der Waals surface area contributed by atoms with Crippen LogP contribution in [0.2, 0.25) is 5.02 Å². The number of ether oxygens (including phenoxy) is 2. The van der Waals surface area contributed by atoms with Gasteiger partial charge in [-0.25, -0.2) is 0 Å². The molecular weight excluding hydrogens is 436 g/mol. The number of anilines is 1. The van der Waals surface area contributed by atoms with Crippen LogP contribution in [0.3, 0.4) is 0 Å². The van der Waals surface area contributed by atoms with E-state index < -0.39 is 0 Å². The number of benzene rings is 2. The number of hydrogen-bond donors (Lipinski definition) is 1. The molecule has 0 bridgehead atoms. The Morgan fingerprint density at radius 1 is 1.13 bits per heavy atom. The van der Waals surface area contributed by atoms with Crippen LogP contribution in [0.15, 0.2) is 35.5 Å². The SMILES string of the molecule is Cc1ccc(NC(=O)CSc2nnc(-c3cc4c(cc3C)OCCCO4)n2C)cc1Cl. The average molecular weight is 459 g/mol. The molecule has 1 aliphatic rings. The summed E-state index contributed by atoms with van der Waals surface area (Å²) in [6, 6.07) is 9.36. The minimum absolute atomic E-state index is 0.138. The van der Waals surface area contributed by atoms with E-state index in [4.69, 9.17) is 21.1 Å². The molecule has 0 saturated carbocycles. The first-order valence-corrected chi connectivity index (χ1v) is 11.3. The summed E-state index contributed by atoms with van der Waals surface area (Å²) in [5, 5.41) is 12.7. The zero-order valence-corrected chi connectivity index (χ0v) is 19.1. The number of hydrogen-bond acceptors (Lipinski definition) is 6. The molecule has 0 unspecified atom stereocenters. The van der Waals surface area contributed by atoms with Crippen molar-refractivity contribution in [3.8, 4) is 22.9 Å². The molecule has 7 nitrogen and oxygen atoms in total. The zero-order chi connectivity index (χ0) is 22.0. The molecule has 31 heavy (non-hydrogen) atoms. The summed E-state index contributed by atoms with van der Waals surface area (Å²) in [6.07, 6.45) is 0.852. The van der Waals surface area contributed by atoms with Crippen LogP contribution in [0, 0.1) is 13.8 Å². The number of thioether (sulfide) groups is 1. The first-order valence-electron chi connectivity index (χ1n) is 9.91. The van der Waals surface area contributed by atoms with Crippen molar-refractivity contribution in [1.82, 2.24) is 14.8 Å². The van der Waals surface area contributed by atoms with E-state index in [-0.39, 0.29) is 11.7 Å². The standard InChI is InChI=1S/C22H23ClN4O3S/c1-13-5-6-15(10-17(13)23)24-20(28)12-31-22-26-25-21(27(22)3)16-11-19-18(9-14(16)2)29-7-4-8-30-19/h5-6,9-11H,4,7-8,12H2,1-3H3,(H,24,28). The largest absolute Gasteiger partial charge is 0.490 e. The average Bonchev–Trinajstić information content (AvgIpc) is 2.94. The molecule has 0 aliphatic carbocycles. The lowest BCUT2D eigenvalue weighted by atomic mass is 10.1. The molecule has 2 aromatic carbocycles. The fourth-order valence-electron chi connectivity index (χ4n) is 3.22. The van der Waals surface area contributed by atoms with Crippen LogP contribution in [0.5, 0.6) is 11.5 Å². The third kappa shape index (κ3) is 4.80. The van der Waals surface area contributed by atoms with Gasteiger partial charge in [0.25, 0.3) is 0 Å². The molecule has 162 valence electrons. The van der Waals surface area contributed by atoms with Crippen molar-refractivity contribution in [3.63, 3.8) is 0 Å². The number of aromatic nitrogens is 3. The predicted molar refractivity (Wildman–Crippen MR) is 122 cm³/mol. The highest BCUT2D eigenvalue weighted by atomic mass is 35.5. The summed E-state index contributed by atoms with van der Waals surface area (Å²) in [5.74, 6) is 2.25. The first kappa shape index (κ1) is 21.5. The van der Waals surface area contributed by atoms with Crippen molar-refractivity contribution in [3.05, 3.63) is 46.5 Å². The molecular formula is C22H23ClN4O3S. The Morgan fingerprint density at radius 2 is 1.87 bits per heavy atom. The van der Waals surface area contributed by atoms with Crippen LogP contribution in [0.1, 0.15) is 17.5 Å². The van der Waals surface area contributed by atoms with Gasteiger partial charge in [-0.05, 0) is 49.2 Å². The normalized spacial score (nSPS) is 13.0. The third-order valence-electron chi connectivity index (χ3n) is 4.96. The van der Waals surface area contributed by atoms with Gasteiger partial charge in [0, 0.05) is 29.7 Å². The maximum absolute atomic E-state index is 12.4. The van der Waals surface area contributed by atoms with Crippen molar-refractivity contribution in [2.75, 3.05) is 24.3 Å². The molecule has 4 rings (SSSR count). The summed E-state index contributed by atoms with van der Waals surface area (Å²) < 4.78 is 13.5. The molecule has 0 spiro atoms. The lowest BCUT2D eigenvalue weighted by Crippen LogP contribution is -2.14. The van der Waals surface area contributed by atoms with E-state index in [0.717, 1.165) is 28.9 Å². The summed E-state index contributed by atoms with van der Waals surface area (Å²) in [7, 11) is 1.89. The predicted octanol–water partition coefficient (Wildman–Crippen LogP) is 4.64. The summed E-state index contributed by atoms with van der Waals surface area (Å²) in [5.41, 5.74) is 3.57. The van der Waals surface area contributed by atoms with E-state index in [0.29, 0.717) is 40.7 Å². The highest BCUT2D eigenvalue weighted by Gasteiger charge is 2.19. The van der Waals surface area contributed by atoms with Gasteiger partial charge < -0.3 is 19.4 Å². The molecule has 2 heterocycles. The minimum Gasteiger partial charge on any atom is -0.490 e. The maximum Gasteiger partial charge on any atom is 0.234 e. The second-order valence-corrected chi connectivity index (χ2v) is 8.68. The molecule has 1 aromatic heterocycles. The Balaban J connectivity index is 1.46. The summed E-state index contributed by atoms with van der Waals surface area (Å²) in [6.45, 7) is 5.19. The Hall–Kier alpha value is -2.71. The van der Waals surface area contributed by atoms with Gasteiger partial charge in [0.05, 0.1) is 19.0 Å². The lowest BCUT2D eigenvalue weighted by Gasteiger charge is -2.12. The molecule has 9 heteroatoms. The van der Waals surface area contributed by atoms with Gasteiger partial charge in [-0.3, -0.25) is 4.79 Å². The van der Waals surface area contributed by atoms with Gasteiger partial charge in [0.2, 0.25) is 5.91 Å². The monoisotopic (exact) mass is 458 g/mol. The number of aryl methyl sites for hydroxylation is 2. The van der Waals surface area contributed by atoms with Crippen LogP contribution in [0.4, 0.5) is 5.69 Å². The molecule has 0 radical (unpaired) electrons. The maximum atomic E-state index is 12.4. The number of rotatable bonds is 5. The fraction of sp³-hybridized carbons (Fsp3) is 0.318.